The highest BCUT2D eigenvalue weighted by atomic mass is 16.7. The van der Waals surface area contributed by atoms with E-state index in [2.05, 4.69) is 5.32 Å². The van der Waals surface area contributed by atoms with Crippen molar-refractivity contribution in [2.75, 3.05) is 12.1 Å². The van der Waals surface area contributed by atoms with Crippen molar-refractivity contribution >= 4 is 11.6 Å². The van der Waals surface area contributed by atoms with Crippen molar-refractivity contribution in [2.24, 2.45) is 0 Å². The van der Waals surface area contributed by atoms with Gasteiger partial charge in [0.1, 0.15) is 0 Å². The molecule has 0 radical (unpaired) electrons. The van der Waals surface area contributed by atoms with Crippen LogP contribution in [0, 0.1) is 0 Å². The van der Waals surface area contributed by atoms with Crippen LogP contribution in [0.25, 0.3) is 0 Å². The zero-order chi connectivity index (χ0) is 14.3. The van der Waals surface area contributed by atoms with Crippen molar-refractivity contribution in [3.05, 3.63) is 54.1 Å². The highest BCUT2D eigenvalue weighted by Crippen LogP contribution is 2.51. The van der Waals surface area contributed by atoms with E-state index in [0.29, 0.717) is 0 Å². The van der Waals surface area contributed by atoms with Crippen molar-refractivity contribution < 1.29 is 14.3 Å². The summed E-state index contributed by atoms with van der Waals surface area (Å²) in [6.45, 7) is 0.252. The largest absolute Gasteiger partial charge is 0.454 e. The number of anilines is 1. The van der Waals surface area contributed by atoms with Gasteiger partial charge in [0.25, 0.3) is 0 Å². The Bertz CT molecular complexity index is 692. The summed E-state index contributed by atoms with van der Waals surface area (Å²) in [4.78, 5) is 12.6. The molecular formula is C17H15NO3. The van der Waals surface area contributed by atoms with Gasteiger partial charge in [-0.05, 0) is 42.7 Å². The van der Waals surface area contributed by atoms with Gasteiger partial charge in [-0.25, -0.2) is 0 Å². The van der Waals surface area contributed by atoms with Gasteiger partial charge in [-0.3, -0.25) is 4.79 Å². The summed E-state index contributed by atoms with van der Waals surface area (Å²) in [5.74, 6) is 1.52. The summed E-state index contributed by atoms with van der Waals surface area (Å²) in [7, 11) is 0. The number of benzene rings is 2. The summed E-state index contributed by atoms with van der Waals surface area (Å²) in [6, 6.07) is 15.3. The molecule has 0 atom stereocenters. The minimum atomic E-state index is -0.420. The number of para-hydroxylation sites is 1. The first-order valence-corrected chi connectivity index (χ1v) is 7.05. The van der Waals surface area contributed by atoms with E-state index in [1.165, 1.54) is 0 Å². The summed E-state index contributed by atoms with van der Waals surface area (Å²) in [5, 5.41) is 3.00. The third-order valence-electron chi connectivity index (χ3n) is 4.14. The molecule has 1 heterocycles. The number of carbonyl (C=O) groups is 1. The van der Waals surface area contributed by atoms with Crippen LogP contribution in [0.2, 0.25) is 0 Å². The van der Waals surface area contributed by atoms with Gasteiger partial charge >= 0.3 is 0 Å². The molecule has 2 aliphatic rings. The average molecular weight is 281 g/mol. The van der Waals surface area contributed by atoms with Crippen LogP contribution in [0.15, 0.2) is 48.5 Å². The van der Waals surface area contributed by atoms with Gasteiger partial charge in [-0.1, -0.05) is 24.3 Å². The van der Waals surface area contributed by atoms with E-state index in [1.807, 2.05) is 48.5 Å². The van der Waals surface area contributed by atoms with E-state index in [9.17, 15) is 4.79 Å². The number of hydrogen-bond acceptors (Lipinski definition) is 3. The fourth-order valence-corrected chi connectivity index (χ4v) is 2.74. The maximum Gasteiger partial charge on any atom is 0.235 e. The second-order valence-electron chi connectivity index (χ2n) is 5.47. The fraction of sp³-hybridized carbons (Fsp3) is 0.235. The number of nitrogens with one attached hydrogen (secondary N) is 1. The van der Waals surface area contributed by atoms with Crippen LogP contribution in [0.4, 0.5) is 5.69 Å². The predicted octanol–water partition coefficient (Wildman–Crippen LogP) is 3.09. The molecule has 21 heavy (non-hydrogen) atoms. The molecule has 1 N–H and O–H groups in total. The molecule has 0 aromatic heterocycles. The van der Waals surface area contributed by atoms with Crippen LogP contribution in [0.5, 0.6) is 11.5 Å². The number of hydrogen-bond donors (Lipinski definition) is 1. The third-order valence-corrected chi connectivity index (χ3v) is 4.14. The van der Waals surface area contributed by atoms with Gasteiger partial charge in [-0.15, -0.1) is 0 Å². The maximum absolute atomic E-state index is 12.6. The Morgan fingerprint density at radius 3 is 2.52 bits per heavy atom. The Labute approximate surface area is 122 Å². The molecule has 4 heteroatoms. The van der Waals surface area contributed by atoms with Crippen LogP contribution >= 0.6 is 0 Å². The average Bonchev–Trinajstić information content (AvgIpc) is 3.20. The molecule has 0 bridgehead atoms. The smallest absolute Gasteiger partial charge is 0.235 e. The van der Waals surface area contributed by atoms with Crippen LogP contribution < -0.4 is 14.8 Å². The Balaban J connectivity index is 1.60. The summed E-state index contributed by atoms with van der Waals surface area (Å²) < 4.78 is 10.7. The Kier molecular flexibility index (Phi) is 2.64. The van der Waals surface area contributed by atoms with E-state index in [1.54, 1.807) is 0 Å². The van der Waals surface area contributed by atoms with E-state index in [-0.39, 0.29) is 12.7 Å². The zero-order valence-electron chi connectivity index (χ0n) is 11.5. The first-order chi connectivity index (χ1) is 10.3. The number of amides is 1. The maximum atomic E-state index is 12.6. The fourth-order valence-electron chi connectivity index (χ4n) is 2.74. The Morgan fingerprint density at radius 1 is 1.00 bits per heavy atom. The van der Waals surface area contributed by atoms with Crippen LogP contribution in [0.1, 0.15) is 18.4 Å². The van der Waals surface area contributed by atoms with Crippen molar-refractivity contribution in [1.82, 2.24) is 0 Å². The molecule has 1 aliphatic carbocycles. The van der Waals surface area contributed by atoms with Gasteiger partial charge in [0, 0.05) is 5.69 Å². The quantitative estimate of drug-likeness (QED) is 0.940. The van der Waals surface area contributed by atoms with E-state index in [0.717, 1.165) is 35.6 Å². The summed E-state index contributed by atoms with van der Waals surface area (Å²) >= 11 is 0. The van der Waals surface area contributed by atoms with Crippen LogP contribution in [-0.2, 0) is 10.2 Å². The minimum Gasteiger partial charge on any atom is -0.454 e. The van der Waals surface area contributed by atoms with Gasteiger partial charge in [0.05, 0.1) is 5.41 Å². The first-order valence-electron chi connectivity index (χ1n) is 7.05. The number of ether oxygens (including phenoxy) is 2. The molecule has 0 unspecified atom stereocenters. The van der Waals surface area contributed by atoms with Crippen molar-refractivity contribution in [3.63, 3.8) is 0 Å². The Hall–Kier alpha value is -2.49. The third kappa shape index (κ3) is 2.03. The zero-order valence-corrected chi connectivity index (χ0v) is 11.5. The van der Waals surface area contributed by atoms with Crippen molar-refractivity contribution in [1.29, 1.82) is 0 Å². The highest BCUT2D eigenvalue weighted by molar-refractivity contribution is 6.01. The first kappa shape index (κ1) is 12.3. The summed E-state index contributed by atoms with van der Waals surface area (Å²) in [6.07, 6.45) is 1.73. The van der Waals surface area contributed by atoms with Crippen LogP contribution in [0.3, 0.4) is 0 Å². The van der Waals surface area contributed by atoms with Crippen molar-refractivity contribution in [2.45, 2.75) is 18.3 Å². The topological polar surface area (TPSA) is 47.6 Å². The van der Waals surface area contributed by atoms with Gasteiger partial charge < -0.3 is 14.8 Å². The summed E-state index contributed by atoms with van der Waals surface area (Å²) in [5.41, 5.74) is 1.41. The van der Waals surface area contributed by atoms with Gasteiger partial charge in [-0.2, -0.15) is 0 Å². The van der Waals surface area contributed by atoms with Crippen molar-refractivity contribution in [3.8, 4) is 11.5 Å². The molecule has 1 aliphatic heterocycles. The second-order valence-corrected chi connectivity index (χ2v) is 5.47. The predicted molar refractivity (Wildman–Crippen MR) is 78.5 cm³/mol. The number of rotatable bonds is 3. The van der Waals surface area contributed by atoms with E-state index in [4.69, 9.17) is 9.47 Å². The lowest BCUT2D eigenvalue weighted by Crippen LogP contribution is -2.27. The van der Waals surface area contributed by atoms with Gasteiger partial charge in [0.2, 0.25) is 12.7 Å². The normalized spacial score (nSPS) is 17.3. The molecule has 1 saturated carbocycles. The highest BCUT2D eigenvalue weighted by Gasteiger charge is 2.51. The Morgan fingerprint density at radius 2 is 1.76 bits per heavy atom. The standard InChI is InChI=1S/C17H15NO3/c19-16(18-13-4-2-1-3-5-13)17(8-9-17)12-6-7-14-15(10-12)21-11-20-14/h1-7,10H,8-9,11H2,(H,18,19). The second kappa shape index (κ2) is 4.52. The molecule has 2 aromatic carbocycles. The minimum absolute atomic E-state index is 0.0487. The molecule has 4 rings (SSSR count). The molecule has 2 aromatic rings. The van der Waals surface area contributed by atoms with Crippen LogP contribution in [-0.4, -0.2) is 12.7 Å². The molecule has 106 valence electrons. The molecule has 1 amide bonds. The van der Waals surface area contributed by atoms with Gasteiger partial charge in [0.15, 0.2) is 11.5 Å². The lowest BCUT2D eigenvalue weighted by Gasteiger charge is -2.16. The van der Waals surface area contributed by atoms with E-state index >= 15 is 0 Å². The number of carbonyl (C=O) groups excluding carboxylic acids is 1. The van der Waals surface area contributed by atoms with E-state index < -0.39 is 5.41 Å². The molecule has 0 saturated heterocycles. The number of fused-ring (bicyclic) bond motifs is 1. The molecule has 1 fully saturated rings. The molecule has 0 spiro atoms. The molecule has 4 nitrogen and oxygen atoms in total. The lowest BCUT2D eigenvalue weighted by atomic mass is 9.94. The molecular weight excluding hydrogens is 266 g/mol. The SMILES string of the molecule is O=C(Nc1ccccc1)C1(c2ccc3c(c2)OCO3)CC1. The lowest BCUT2D eigenvalue weighted by molar-refractivity contribution is -0.118. The monoisotopic (exact) mass is 281 g/mol.